The SMILES string of the molecule is COc1ccc(C(=O)NC[C@@H]2C=C(C)[C@H](CC(=O)NCCN(C)C)C[C@H]2C(C)C)cc1. The Hall–Kier alpha value is -2.34. The van der Waals surface area contributed by atoms with Crippen LogP contribution < -0.4 is 15.4 Å². The van der Waals surface area contributed by atoms with Crippen LogP contribution in [-0.2, 0) is 4.79 Å². The number of amides is 2. The van der Waals surface area contributed by atoms with E-state index in [2.05, 4.69) is 42.4 Å². The lowest BCUT2D eigenvalue weighted by molar-refractivity contribution is -0.122. The molecular formula is C25H39N3O3. The Morgan fingerprint density at radius 2 is 1.84 bits per heavy atom. The Morgan fingerprint density at radius 3 is 2.42 bits per heavy atom. The maximum Gasteiger partial charge on any atom is 0.251 e. The number of likely N-dealkylation sites (N-methyl/N-ethyl adjacent to an activating group) is 1. The molecule has 2 rings (SSSR count). The second kappa shape index (κ2) is 11.9. The summed E-state index contributed by atoms with van der Waals surface area (Å²) in [6.45, 7) is 8.70. The van der Waals surface area contributed by atoms with Crippen LogP contribution in [0.15, 0.2) is 35.9 Å². The molecule has 0 saturated heterocycles. The maximum atomic E-state index is 12.6. The Balaban J connectivity index is 1.96. The largest absolute Gasteiger partial charge is 0.497 e. The third-order valence-electron chi connectivity index (χ3n) is 6.25. The summed E-state index contributed by atoms with van der Waals surface area (Å²) in [5.41, 5.74) is 1.88. The molecule has 172 valence electrons. The lowest BCUT2D eigenvalue weighted by Gasteiger charge is -2.37. The van der Waals surface area contributed by atoms with Gasteiger partial charge in [0.25, 0.3) is 5.91 Å². The van der Waals surface area contributed by atoms with Crippen molar-refractivity contribution in [3.63, 3.8) is 0 Å². The van der Waals surface area contributed by atoms with Crippen LogP contribution in [0.2, 0.25) is 0 Å². The van der Waals surface area contributed by atoms with Gasteiger partial charge < -0.3 is 20.3 Å². The molecule has 0 aromatic heterocycles. The number of nitrogens with one attached hydrogen (secondary N) is 2. The molecule has 0 bridgehead atoms. The minimum atomic E-state index is -0.0707. The van der Waals surface area contributed by atoms with Gasteiger partial charge in [-0.15, -0.1) is 0 Å². The van der Waals surface area contributed by atoms with Gasteiger partial charge in [-0.05, 0) is 75.4 Å². The summed E-state index contributed by atoms with van der Waals surface area (Å²) in [6.07, 6.45) is 3.79. The van der Waals surface area contributed by atoms with Crippen LogP contribution >= 0.6 is 0 Å². The van der Waals surface area contributed by atoms with E-state index in [4.69, 9.17) is 4.74 Å². The molecule has 0 aliphatic heterocycles. The first-order valence-electron chi connectivity index (χ1n) is 11.2. The highest BCUT2D eigenvalue weighted by Crippen LogP contribution is 2.38. The van der Waals surface area contributed by atoms with Gasteiger partial charge in [-0.25, -0.2) is 0 Å². The van der Waals surface area contributed by atoms with Gasteiger partial charge in [0.2, 0.25) is 5.91 Å². The van der Waals surface area contributed by atoms with Gasteiger partial charge in [0.15, 0.2) is 0 Å². The van der Waals surface area contributed by atoms with E-state index >= 15 is 0 Å². The summed E-state index contributed by atoms with van der Waals surface area (Å²) >= 11 is 0. The molecule has 2 amide bonds. The average Bonchev–Trinajstić information content (AvgIpc) is 2.73. The molecule has 0 radical (unpaired) electrons. The van der Waals surface area contributed by atoms with Crippen LogP contribution in [-0.4, -0.2) is 57.6 Å². The number of benzene rings is 1. The molecule has 0 heterocycles. The van der Waals surface area contributed by atoms with Gasteiger partial charge in [0.05, 0.1) is 7.11 Å². The topological polar surface area (TPSA) is 70.7 Å². The molecule has 1 aliphatic carbocycles. The zero-order chi connectivity index (χ0) is 23.0. The van der Waals surface area contributed by atoms with E-state index < -0.39 is 0 Å². The first kappa shape index (κ1) is 24.9. The molecule has 0 unspecified atom stereocenters. The van der Waals surface area contributed by atoms with Crippen molar-refractivity contribution >= 4 is 11.8 Å². The van der Waals surface area contributed by atoms with Crippen molar-refractivity contribution in [2.75, 3.05) is 40.8 Å². The van der Waals surface area contributed by atoms with Crippen molar-refractivity contribution in [2.45, 2.75) is 33.6 Å². The summed E-state index contributed by atoms with van der Waals surface area (Å²) < 4.78 is 5.16. The molecule has 6 nitrogen and oxygen atoms in total. The predicted molar refractivity (Wildman–Crippen MR) is 125 cm³/mol. The third-order valence-corrected chi connectivity index (χ3v) is 6.25. The molecule has 6 heteroatoms. The summed E-state index contributed by atoms with van der Waals surface area (Å²) in [5, 5.41) is 6.13. The zero-order valence-electron chi connectivity index (χ0n) is 19.9. The lowest BCUT2D eigenvalue weighted by atomic mass is 9.69. The average molecular weight is 430 g/mol. The molecular weight excluding hydrogens is 390 g/mol. The van der Waals surface area contributed by atoms with Gasteiger partial charge in [0.1, 0.15) is 5.75 Å². The highest BCUT2D eigenvalue weighted by atomic mass is 16.5. The van der Waals surface area contributed by atoms with Gasteiger partial charge in [-0.2, -0.15) is 0 Å². The van der Waals surface area contributed by atoms with E-state index in [-0.39, 0.29) is 23.7 Å². The van der Waals surface area contributed by atoms with Crippen molar-refractivity contribution in [3.05, 3.63) is 41.5 Å². The Kier molecular flexibility index (Phi) is 9.56. The summed E-state index contributed by atoms with van der Waals surface area (Å²) in [5.74, 6) is 2.23. The smallest absolute Gasteiger partial charge is 0.251 e. The van der Waals surface area contributed by atoms with E-state index in [0.29, 0.717) is 36.9 Å². The van der Waals surface area contributed by atoms with Gasteiger partial charge in [-0.3, -0.25) is 9.59 Å². The number of carbonyl (C=O) groups excluding carboxylic acids is 2. The molecule has 2 N–H and O–H groups in total. The molecule has 0 fully saturated rings. The third kappa shape index (κ3) is 7.69. The van der Waals surface area contributed by atoms with E-state index in [9.17, 15) is 9.59 Å². The number of hydrogen-bond donors (Lipinski definition) is 2. The molecule has 0 saturated carbocycles. The van der Waals surface area contributed by atoms with Gasteiger partial charge >= 0.3 is 0 Å². The van der Waals surface area contributed by atoms with Crippen molar-refractivity contribution in [1.29, 1.82) is 0 Å². The zero-order valence-corrected chi connectivity index (χ0v) is 19.9. The lowest BCUT2D eigenvalue weighted by Crippen LogP contribution is -2.38. The normalized spacial score (nSPS) is 21.0. The Morgan fingerprint density at radius 1 is 1.16 bits per heavy atom. The van der Waals surface area contributed by atoms with Crippen molar-refractivity contribution < 1.29 is 14.3 Å². The number of rotatable bonds is 10. The number of hydrogen-bond acceptors (Lipinski definition) is 4. The Bertz CT molecular complexity index is 756. The van der Waals surface area contributed by atoms with Crippen LogP contribution in [0, 0.1) is 23.7 Å². The summed E-state index contributed by atoms with van der Waals surface area (Å²) in [4.78, 5) is 27.0. The number of allylic oxidation sites excluding steroid dienone is 1. The minimum absolute atomic E-state index is 0.0707. The first-order valence-corrected chi connectivity index (χ1v) is 11.2. The fourth-order valence-electron chi connectivity index (χ4n) is 4.28. The highest BCUT2D eigenvalue weighted by molar-refractivity contribution is 5.94. The summed E-state index contributed by atoms with van der Waals surface area (Å²) in [7, 11) is 5.61. The highest BCUT2D eigenvalue weighted by Gasteiger charge is 2.32. The first-order chi connectivity index (χ1) is 14.7. The van der Waals surface area contributed by atoms with Gasteiger partial charge in [-0.1, -0.05) is 25.5 Å². The number of methoxy groups -OCH3 is 1. The molecule has 31 heavy (non-hydrogen) atoms. The maximum absolute atomic E-state index is 12.6. The van der Waals surface area contributed by atoms with E-state index in [1.165, 1.54) is 5.57 Å². The van der Waals surface area contributed by atoms with Crippen LogP contribution in [0.5, 0.6) is 5.75 Å². The molecule has 1 aromatic rings. The molecule has 1 aliphatic rings. The quantitative estimate of drug-likeness (QED) is 0.560. The van der Waals surface area contributed by atoms with E-state index in [1.807, 2.05) is 14.1 Å². The molecule has 3 atom stereocenters. The second-order valence-corrected chi connectivity index (χ2v) is 9.21. The second-order valence-electron chi connectivity index (χ2n) is 9.21. The number of ether oxygens (including phenoxy) is 1. The van der Waals surface area contributed by atoms with Crippen molar-refractivity contribution in [3.8, 4) is 5.75 Å². The number of nitrogens with zero attached hydrogens (tertiary/aromatic N) is 1. The van der Waals surface area contributed by atoms with Crippen LogP contribution in [0.25, 0.3) is 0 Å². The van der Waals surface area contributed by atoms with Gasteiger partial charge in [0, 0.05) is 31.6 Å². The molecule has 0 spiro atoms. The van der Waals surface area contributed by atoms with Crippen molar-refractivity contribution in [2.24, 2.45) is 23.7 Å². The fraction of sp³-hybridized carbons (Fsp3) is 0.600. The number of carbonyl (C=O) groups is 2. The van der Waals surface area contributed by atoms with Crippen LogP contribution in [0.4, 0.5) is 0 Å². The minimum Gasteiger partial charge on any atom is -0.497 e. The standard InChI is InChI=1S/C25H39N3O3/c1-17(2)23-14-20(15-24(29)26-11-12-28(4)5)18(3)13-21(23)16-27-25(30)19-7-9-22(31-6)10-8-19/h7-10,13,17,20-21,23H,11-12,14-16H2,1-6H3,(H,26,29)(H,27,30)/t20-,21-,23-/m0/s1. The predicted octanol–water partition coefficient (Wildman–Crippen LogP) is 3.35. The van der Waals surface area contributed by atoms with Crippen molar-refractivity contribution in [1.82, 2.24) is 15.5 Å². The molecule has 1 aromatic carbocycles. The summed E-state index contributed by atoms with van der Waals surface area (Å²) in [6, 6.07) is 7.15. The fourth-order valence-corrected chi connectivity index (χ4v) is 4.28. The van der Waals surface area contributed by atoms with E-state index in [0.717, 1.165) is 18.7 Å². The monoisotopic (exact) mass is 429 g/mol. The van der Waals surface area contributed by atoms with E-state index in [1.54, 1.807) is 31.4 Å². The van der Waals surface area contributed by atoms with Crippen LogP contribution in [0.1, 0.15) is 44.0 Å². The van der Waals surface area contributed by atoms with Crippen LogP contribution in [0.3, 0.4) is 0 Å². The Labute approximate surface area is 187 Å².